The SMILES string of the molecule is COC1OC(C(O)C(=O)NNc2ccccc2)C(O)C1O. The number of nitrogens with one attached hydrogen (secondary N) is 2. The van der Waals surface area contributed by atoms with Crippen molar-refractivity contribution >= 4 is 11.6 Å². The van der Waals surface area contributed by atoms with Crippen molar-refractivity contribution in [3.63, 3.8) is 0 Å². The van der Waals surface area contributed by atoms with Crippen LogP contribution in [0.4, 0.5) is 5.69 Å². The van der Waals surface area contributed by atoms with E-state index in [4.69, 9.17) is 9.47 Å². The van der Waals surface area contributed by atoms with E-state index in [1.54, 1.807) is 24.3 Å². The molecule has 0 aromatic heterocycles. The number of hydrazine groups is 1. The zero-order valence-corrected chi connectivity index (χ0v) is 11.3. The van der Waals surface area contributed by atoms with Crippen LogP contribution in [-0.4, -0.2) is 59.0 Å². The molecule has 5 N–H and O–H groups in total. The first kappa shape index (κ1) is 15.7. The number of carbonyl (C=O) groups is 1. The molecule has 1 amide bonds. The van der Waals surface area contributed by atoms with Gasteiger partial charge in [0.25, 0.3) is 5.91 Å². The summed E-state index contributed by atoms with van der Waals surface area (Å²) in [5.74, 6) is -0.799. The summed E-state index contributed by atoms with van der Waals surface area (Å²) >= 11 is 0. The van der Waals surface area contributed by atoms with Gasteiger partial charge in [0.05, 0.1) is 5.69 Å². The Hall–Kier alpha value is -1.71. The monoisotopic (exact) mass is 298 g/mol. The molecule has 1 aliphatic rings. The van der Waals surface area contributed by atoms with Crippen LogP contribution in [-0.2, 0) is 14.3 Å². The number of amides is 1. The minimum atomic E-state index is -1.66. The van der Waals surface area contributed by atoms with E-state index in [-0.39, 0.29) is 0 Å². The lowest BCUT2D eigenvalue weighted by Crippen LogP contribution is -2.48. The maximum Gasteiger partial charge on any atom is 0.269 e. The van der Waals surface area contributed by atoms with Crippen LogP contribution in [0.25, 0.3) is 0 Å². The van der Waals surface area contributed by atoms with Gasteiger partial charge >= 0.3 is 0 Å². The van der Waals surface area contributed by atoms with Crippen LogP contribution in [0.2, 0.25) is 0 Å². The molecule has 0 saturated carbocycles. The van der Waals surface area contributed by atoms with E-state index in [0.29, 0.717) is 5.69 Å². The maximum atomic E-state index is 11.8. The first-order chi connectivity index (χ1) is 10.0. The highest BCUT2D eigenvalue weighted by atomic mass is 16.7. The van der Waals surface area contributed by atoms with E-state index in [2.05, 4.69) is 10.9 Å². The van der Waals surface area contributed by atoms with Gasteiger partial charge < -0.3 is 24.8 Å². The Morgan fingerprint density at radius 1 is 1.29 bits per heavy atom. The number of para-hydroxylation sites is 1. The number of methoxy groups -OCH3 is 1. The van der Waals surface area contributed by atoms with Crippen molar-refractivity contribution in [3.8, 4) is 0 Å². The smallest absolute Gasteiger partial charge is 0.269 e. The van der Waals surface area contributed by atoms with Gasteiger partial charge in [-0.15, -0.1) is 0 Å². The van der Waals surface area contributed by atoms with Crippen molar-refractivity contribution in [2.75, 3.05) is 12.5 Å². The van der Waals surface area contributed by atoms with E-state index >= 15 is 0 Å². The van der Waals surface area contributed by atoms with Crippen LogP contribution in [0.5, 0.6) is 0 Å². The molecule has 1 aromatic carbocycles. The molecule has 1 saturated heterocycles. The van der Waals surface area contributed by atoms with Crippen molar-refractivity contribution in [2.45, 2.75) is 30.7 Å². The minimum Gasteiger partial charge on any atom is -0.387 e. The molecule has 0 bridgehead atoms. The van der Waals surface area contributed by atoms with Crippen molar-refractivity contribution < 1.29 is 29.6 Å². The molecule has 0 radical (unpaired) electrons. The highest BCUT2D eigenvalue weighted by Gasteiger charge is 2.48. The molecular formula is C13H18N2O6. The van der Waals surface area contributed by atoms with Crippen LogP contribution >= 0.6 is 0 Å². The lowest BCUT2D eigenvalue weighted by Gasteiger charge is -2.20. The standard InChI is InChI=1S/C13H18N2O6/c1-20-13-9(17)8(16)11(21-13)10(18)12(19)15-14-7-5-3-2-4-6-7/h2-6,8-11,13-14,16-18H,1H3,(H,15,19). The molecule has 2 rings (SSSR count). The quantitative estimate of drug-likeness (QED) is 0.423. The van der Waals surface area contributed by atoms with Crippen LogP contribution in [0.1, 0.15) is 0 Å². The first-order valence-corrected chi connectivity index (χ1v) is 6.38. The van der Waals surface area contributed by atoms with Crippen LogP contribution in [0, 0.1) is 0 Å². The number of rotatable bonds is 5. The van der Waals surface area contributed by atoms with Gasteiger partial charge in [0.2, 0.25) is 0 Å². The van der Waals surface area contributed by atoms with E-state index < -0.39 is 36.6 Å². The predicted molar refractivity (Wildman–Crippen MR) is 71.9 cm³/mol. The molecule has 8 heteroatoms. The van der Waals surface area contributed by atoms with Gasteiger partial charge in [-0.1, -0.05) is 18.2 Å². The fraction of sp³-hybridized carbons (Fsp3) is 0.462. The Bertz CT molecular complexity index is 471. The average molecular weight is 298 g/mol. The van der Waals surface area contributed by atoms with E-state index in [1.165, 1.54) is 7.11 Å². The maximum absolute atomic E-state index is 11.8. The molecule has 21 heavy (non-hydrogen) atoms. The lowest BCUT2D eigenvalue weighted by molar-refractivity contribution is -0.169. The summed E-state index contributed by atoms with van der Waals surface area (Å²) in [6.07, 6.45) is -6.78. The number of hydrogen-bond donors (Lipinski definition) is 5. The molecule has 0 spiro atoms. The molecule has 8 nitrogen and oxygen atoms in total. The highest BCUT2D eigenvalue weighted by Crippen LogP contribution is 2.24. The summed E-state index contributed by atoms with van der Waals surface area (Å²) in [5.41, 5.74) is 5.53. The largest absolute Gasteiger partial charge is 0.387 e. The fourth-order valence-electron chi connectivity index (χ4n) is 2.01. The molecule has 5 unspecified atom stereocenters. The Kier molecular flexibility index (Phi) is 5.10. The number of aliphatic hydroxyl groups excluding tert-OH is 3. The third-order valence-corrected chi connectivity index (χ3v) is 3.17. The van der Waals surface area contributed by atoms with Crippen LogP contribution in [0.3, 0.4) is 0 Å². The third kappa shape index (κ3) is 3.49. The van der Waals surface area contributed by atoms with Gasteiger partial charge in [-0.2, -0.15) is 0 Å². The summed E-state index contributed by atoms with van der Waals surface area (Å²) in [5, 5.41) is 29.2. The summed E-state index contributed by atoms with van der Waals surface area (Å²) in [6, 6.07) is 8.80. The Balaban J connectivity index is 1.90. The van der Waals surface area contributed by atoms with Gasteiger partial charge in [0.1, 0.15) is 18.3 Å². The van der Waals surface area contributed by atoms with Gasteiger partial charge in [-0.3, -0.25) is 15.6 Å². The normalized spacial score (nSPS) is 29.9. The molecule has 116 valence electrons. The minimum absolute atomic E-state index is 0.626. The van der Waals surface area contributed by atoms with E-state index in [0.717, 1.165) is 0 Å². The number of ether oxygens (including phenoxy) is 2. The molecular weight excluding hydrogens is 280 g/mol. The molecule has 5 atom stereocenters. The highest BCUT2D eigenvalue weighted by molar-refractivity contribution is 5.82. The zero-order chi connectivity index (χ0) is 15.4. The van der Waals surface area contributed by atoms with Crippen molar-refractivity contribution in [1.82, 2.24) is 5.43 Å². The molecule has 1 aliphatic heterocycles. The second kappa shape index (κ2) is 6.83. The van der Waals surface area contributed by atoms with Crippen molar-refractivity contribution in [1.29, 1.82) is 0 Å². The Labute approximate surface area is 121 Å². The van der Waals surface area contributed by atoms with Crippen molar-refractivity contribution in [3.05, 3.63) is 30.3 Å². The summed E-state index contributed by atoms with van der Waals surface area (Å²) in [6.45, 7) is 0. The molecule has 1 heterocycles. The second-order valence-electron chi connectivity index (χ2n) is 4.61. The van der Waals surface area contributed by atoms with E-state index in [9.17, 15) is 20.1 Å². The number of anilines is 1. The van der Waals surface area contributed by atoms with Gasteiger partial charge in [0.15, 0.2) is 12.4 Å². The summed E-state index contributed by atoms with van der Waals surface area (Å²) < 4.78 is 9.90. The average Bonchev–Trinajstić information content (AvgIpc) is 2.80. The first-order valence-electron chi connectivity index (χ1n) is 6.38. The van der Waals surface area contributed by atoms with Crippen LogP contribution < -0.4 is 10.9 Å². The van der Waals surface area contributed by atoms with Crippen molar-refractivity contribution in [2.24, 2.45) is 0 Å². The Morgan fingerprint density at radius 3 is 2.52 bits per heavy atom. The second-order valence-corrected chi connectivity index (χ2v) is 4.61. The number of carbonyl (C=O) groups excluding carboxylic acids is 1. The Morgan fingerprint density at radius 2 is 1.95 bits per heavy atom. The predicted octanol–water partition coefficient (Wildman–Crippen LogP) is -1.42. The van der Waals surface area contributed by atoms with E-state index in [1.807, 2.05) is 6.07 Å². The zero-order valence-electron chi connectivity index (χ0n) is 11.3. The number of hydrogen-bond acceptors (Lipinski definition) is 7. The van der Waals surface area contributed by atoms with Gasteiger partial charge in [0, 0.05) is 7.11 Å². The molecule has 1 aromatic rings. The van der Waals surface area contributed by atoms with Crippen LogP contribution in [0.15, 0.2) is 30.3 Å². The molecule has 1 fully saturated rings. The summed E-state index contributed by atoms with van der Waals surface area (Å²) in [7, 11) is 1.28. The third-order valence-electron chi connectivity index (χ3n) is 3.17. The lowest BCUT2D eigenvalue weighted by atomic mass is 10.1. The fourth-order valence-corrected chi connectivity index (χ4v) is 2.01. The van der Waals surface area contributed by atoms with Gasteiger partial charge in [-0.05, 0) is 12.1 Å². The van der Waals surface area contributed by atoms with Gasteiger partial charge in [-0.25, -0.2) is 0 Å². The molecule has 0 aliphatic carbocycles. The summed E-state index contributed by atoms with van der Waals surface area (Å²) in [4.78, 5) is 11.8. The topological polar surface area (TPSA) is 120 Å². The number of aliphatic hydroxyl groups is 3. The number of benzene rings is 1.